The molecule has 2 saturated carbocycles. The van der Waals surface area contributed by atoms with Crippen LogP contribution in [0.5, 0.6) is 0 Å². The molecule has 4 heterocycles. The van der Waals surface area contributed by atoms with E-state index in [4.69, 9.17) is 47.4 Å². The van der Waals surface area contributed by atoms with Crippen molar-refractivity contribution in [1.29, 1.82) is 0 Å². The lowest BCUT2D eigenvalue weighted by atomic mass is 9.76. The molecule has 0 spiro atoms. The van der Waals surface area contributed by atoms with E-state index >= 15 is 0 Å². The lowest BCUT2D eigenvalue weighted by Gasteiger charge is -2.49. The minimum atomic E-state index is -1.90. The molecule has 6 aliphatic rings. The zero-order chi connectivity index (χ0) is 57.2. The van der Waals surface area contributed by atoms with Gasteiger partial charge >= 0.3 is 0 Å². The van der Waals surface area contributed by atoms with Gasteiger partial charge in [-0.2, -0.15) is 0 Å². The summed E-state index contributed by atoms with van der Waals surface area (Å²) in [6, 6.07) is 0. The average molecular weight is 1150 g/mol. The van der Waals surface area contributed by atoms with Crippen molar-refractivity contribution in [2.24, 2.45) is 23.7 Å². The molecule has 79 heavy (non-hydrogen) atoms. The largest absolute Gasteiger partial charge is 0.394 e. The first-order chi connectivity index (χ1) is 38.1. The molecule has 26 atom stereocenters. The molecule has 0 aromatic carbocycles. The van der Waals surface area contributed by atoms with Gasteiger partial charge in [-0.3, -0.25) is 0 Å². The normalized spacial score (nSPS) is 42.5. The summed E-state index contributed by atoms with van der Waals surface area (Å²) in [5, 5.41) is 150. The second-order valence-corrected chi connectivity index (χ2v) is 22.9. The number of ether oxygens (including phenoxy) is 10. The van der Waals surface area contributed by atoms with Crippen LogP contribution in [0.1, 0.15) is 136 Å². The molecule has 0 radical (unpaired) electrons. The maximum Gasteiger partial charge on any atom is 0.187 e. The van der Waals surface area contributed by atoms with Crippen molar-refractivity contribution in [3.8, 4) is 0 Å². The Kier molecular flexibility index (Phi) is 29.1. The summed E-state index contributed by atoms with van der Waals surface area (Å²) in [6.45, 7) is 2.90. The Bertz CT molecular complexity index is 1520. The molecule has 14 N–H and O–H groups in total. The van der Waals surface area contributed by atoms with Crippen LogP contribution in [0.15, 0.2) is 0 Å². The van der Waals surface area contributed by atoms with Crippen molar-refractivity contribution < 1.29 is 119 Å². The van der Waals surface area contributed by atoms with Gasteiger partial charge in [-0.25, -0.2) is 0 Å². The molecule has 4 saturated heterocycles. The summed E-state index contributed by atoms with van der Waals surface area (Å²) in [6.07, 6.45) is -15.0. The third-order valence-electron chi connectivity index (χ3n) is 17.3. The fraction of sp³-hybridized carbons (Fsp3) is 1.00. The van der Waals surface area contributed by atoms with Gasteiger partial charge in [0.2, 0.25) is 0 Å². The number of unbranched alkanes of at least 4 members (excludes halogenated alkanes) is 16. The van der Waals surface area contributed by atoms with E-state index in [1.54, 1.807) is 0 Å². The molecule has 0 amide bonds. The van der Waals surface area contributed by atoms with E-state index in [9.17, 15) is 71.5 Å². The molecule has 0 aromatic rings. The zero-order valence-electron chi connectivity index (χ0n) is 46.4. The van der Waals surface area contributed by atoms with Gasteiger partial charge in [0.05, 0.1) is 51.8 Å². The molecule has 0 aromatic heterocycles. The molecule has 6 fully saturated rings. The first kappa shape index (κ1) is 67.2. The second-order valence-electron chi connectivity index (χ2n) is 22.9. The number of hydrogen-bond donors (Lipinski definition) is 14. The van der Waals surface area contributed by atoms with Crippen LogP contribution in [-0.2, 0) is 47.4 Å². The van der Waals surface area contributed by atoms with Gasteiger partial charge < -0.3 is 119 Å². The highest BCUT2D eigenvalue weighted by atomic mass is 16.8. The van der Waals surface area contributed by atoms with Crippen molar-refractivity contribution in [3.05, 3.63) is 0 Å². The summed E-state index contributed by atoms with van der Waals surface area (Å²) >= 11 is 0. The zero-order valence-corrected chi connectivity index (χ0v) is 46.4. The van der Waals surface area contributed by atoms with E-state index in [2.05, 4.69) is 13.8 Å². The number of aliphatic hydroxyl groups excluding tert-OH is 14. The minimum Gasteiger partial charge on any atom is -0.394 e. The Labute approximate surface area is 465 Å². The summed E-state index contributed by atoms with van der Waals surface area (Å²) in [5.74, 6) is -1.21. The van der Waals surface area contributed by atoms with Crippen LogP contribution < -0.4 is 0 Å². The smallest absolute Gasteiger partial charge is 0.187 e. The summed E-state index contributed by atoms with van der Waals surface area (Å²) < 4.78 is 61.1. The van der Waals surface area contributed by atoms with Gasteiger partial charge in [-0.1, -0.05) is 117 Å². The van der Waals surface area contributed by atoms with Gasteiger partial charge in [0.15, 0.2) is 25.2 Å². The fourth-order valence-electron chi connectivity index (χ4n) is 12.5. The topological polar surface area (TPSA) is 376 Å². The van der Waals surface area contributed by atoms with Gasteiger partial charge in [0, 0.05) is 13.2 Å². The van der Waals surface area contributed by atoms with Gasteiger partial charge in [-0.15, -0.1) is 0 Å². The molecule has 24 nitrogen and oxygen atoms in total. The molecule has 464 valence electrons. The highest BCUT2D eigenvalue weighted by molar-refractivity contribution is 5.09. The molecule has 4 aliphatic heterocycles. The third kappa shape index (κ3) is 17.6. The lowest BCUT2D eigenvalue weighted by Crippen LogP contribution is -2.66. The van der Waals surface area contributed by atoms with Crippen LogP contribution >= 0.6 is 0 Å². The molecule has 2 aliphatic carbocycles. The Balaban J connectivity index is 1.20. The Hall–Kier alpha value is -0.960. The number of rotatable bonds is 36. The van der Waals surface area contributed by atoms with Crippen molar-refractivity contribution in [2.75, 3.05) is 52.9 Å². The van der Waals surface area contributed by atoms with Crippen LogP contribution in [0.25, 0.3) is 0 Å². The van der Waals surface area contributed by atoms with E-state index in [0.29, 0.717) is 32.8 Å². The van der Waals surface area contributed by atoms with E-state index in [1.807, 2.05) is 0 Å². The van der Waals surface area contributed by atoms with Crippen molar-refractivity contribution >= 4 is 0 Å². The number of hydrogen-bond acceptors (Lipinski definition) is 24. The maximum absolute atomic E-state index is 11.7. The predicted molar refractivity (Wildman–Crippen MR) is 277 cm³/mol. The molecule has 2 bridgehead atoms. The van der Waals surface area contributed by atoms with Gasteiger partial charge in [0.1, 0.15) is 97.7 Å². The van der Waals surface area contributed by atoms with Gasteiger partial charge in [-0.05, 0) is 42.9 Å². The minimum absolute atomic E-state index is 0.206. The van der Waals surface area contributed by atoms with Crippen LogP contribution in [0.3, 0.4) is 0 Å². The number of fused-ring (bicyclic) bond motifs is 2. The van der Waals surface area contributed by atoms with Crippen LogP contribution in [-0.4, -0.2) is 259 Å². The Morgan fingerprint density at radius 2 is 0.595 bits per heavy atom. The Morgan fingerprint density at radius 1 is 0.316 bits per heavy atom. The summed E-state index contributed by atoms with van der Waals surface area (Å²) in [4.78, 5) is 0. The molecular formula is C55H100O24. The van der Waals surface area contributed by atoms with Gasteiger partial charge in [0.25, 0.3) is 0 Å². The maximum atomic E-state index is 11.7. The first-order valence-electron chi connectivity index (χ1n) is 29.8. The van der Waals surface area contributed by atoms with Crippen LogP contribution in [0.4, 0.5) is 0 Å². The molecular weight excluding hydrogens is 1040 g/mol. The molecule has 6 rings (SSSR count). The molecule has 24 heteroatoms. The predicted octanol–water partition coefficient (Wildman–Crippen LogP) is -1.02. The second kappa shape index (κ2) is 34.3. The van der Waals surface area contributed by atoms with Crippen LogP contribution in [0.2, 0.25) is 0 Å². The average Bonchev–Trinajstić information content (AvgIpc) is 4.18. The monoisotopic (exact) mass is 1140 g/mol. The van der Waals surface area contributed by atoms with E-state index in [-0.39, 0.29) is 11.8 Å². The third-order valence-corrected chi connectivity index (χ3v) is 17.3. The van der Waals surface area contributed by atoms with E-state index in [1.165, 1.54) is 64.2 Å². The standard InChI is InChI=1S/C55H100O24/c1-3-5-7-9-11-13-15-17-19-21-70-28-32-30-23-31(33(32)29-71-22-20-18-16-14-12-10-8-6-4-2)49(77-55-47(69)43(65)51(37(27-59)75-55)79-53-45(67)41(63)39(61)35(25-57)73-53)48(30)76-54-46(68)42(64)50(36(26-58)74-54)78-52-44(66)40(62)38(60)34(24-56)72-52/h30-69H,3-29H2,1-2H3/t30-,31-,32-,33+,34+,35+,36+,37+,38+,39+,40-,41-,42+,43+,44+,45+,46+,47+,48-,49+,50+,51+,52+,53+,54-,55-/m0/s1. The molecule has 0 unspecified atom stereocenters. The highest BCUT2D eigenvalue weighted by Gasteiger charge is 2.63. The van der Waals surface area contributed by atoms with E-state index < -0.39 is 173 Å². The van der Waals surface area contributed by atoms with Crippen molar-refractivity contribution in [1.82, 2.24) is 0 Å². The van der Waals surface area contributed by atoms with Crippen LogP contribution in [0, 0.1) is 23.7 Å². The quantitative estimate of drug-likeness (QED) is 0.0334. The highest BCUT2D eigenvalue weighted by Crippen LogP contribution is 2.56. The Morgan fingerprint density at radius 3 is 0.911 bits per heavy atom. The van der Waals surface area contributed by atoms with Crippen molar-refractivity contribution in [2.45, 2.75) is 271 Å². The first-order valence-corrected chi connectivity index (χ1v) is 29.8. The fourth-order valence-corrected chi connectivity index (χ4v) is 12.5. The van der Waals surface area contributed by atoms with E-state index in [0.717, 1.165) is 51.4 Å². The SMILES string of the molecule is CCCCCCCCCCCOC[C@@H]1[C@H](COCCCCCCCCCCC)[C@@H]2C[C@@H]1[C@H](O[C@@H]1O[C@H](CO)[C@@H](O[C@H]3O[C@H](CO)[C@@H](O)[C@H](O)[C@H]3O)[C@H](O)[C@H]1O)[C@@H]2O[C@@H]1O[C@H](CO)[C@@H](O[C@H]2O[C@H](CO)[C@@H](O)[C@H](O)[C@H]2O)[C@H](O)[C@H]1O. The van der Waals surface area contributed by atoms with Crippen molar-refractivity contribution in [3.63, 3.8) is 0 Å². The number of aliphatic hydroxyl groups is 14. The summed E-state index contributed by atoms with van der Waals surface area (Å²) in [5.41, 5.74) is 0. The lowest BCUT2D eigenvalue weighted by molar-refractivity contribution is -0.378. The summed E-state index contributed by atoms with van der Waals surface area (Å²) in [7, 11) is 0.